The highest BCUT2D eigenvalue weighted by atomic mass is 16.5. The first-order valence-electron chi connectivity index (χ1n) is 7.19. The standard InChI is InChI=1S/C16H24N2O3/c1-15(2)9-12(16(3,4)21-15)18-13(14(19)20-5)11-7-6-8-17-10-11/h6-8,10,12-13,18H,9H2,1-5H3. The fraction of sp³-hybridized carbons (Fsp3) is 0.625. The summed E-state index contributed by atoms with van der Waals surface area (Å²) < 4.78 is 11.0. The minimum Gasteiger partial charge on any atom is -0.468 e. The van der Waals surface area contributed by atoms with Gasteiger partial charge in [-0.25, -0.2) is 4.79 Å². The number of nitrogens with zero attached hydrogens (tertiary/aromatic N) is 1. The Morgan fingerprint density at radius 1 is 1.48 bits per heavy atom. The van der Waals surface area contributed by atoms with Gasteiger partial charge in [-0.05, 0) is 45.7 Å². The molecule has 0 spiro atoms. The Morgan fingerprint density at radius 3 is 2.67 bits per heavy atom. The number of rotatable bonds is 4. The van der Waals surface area contributed by atoms with E-state index in [1.54, 1.807) is 12.4 Å². The van der Waals surface area contributed by atoms with Crippen molar-refractivity contribution in [3.05, 3.63) is 30.1 Å². The number of hydrogen-bond acceptors (Lipinski definition) is 5. The Balaban J connectivity index is 2.22. The van der Waals surface area contributed by atoms with Crippen LogP contribution >= 0.6 is 0 Å². The number of esters is 1. The molecule has 2 unspecified atom stereocenters. The molecule has 0 aromatic carbocycles. The number of hydrogen-bond donors (Lipinski definition) is 1. The SMILES string of the molecule is COC(=O)C(NC1CC(C)(C)OC1(C)C)c1cccnc1. The molecule has 2 rings (SSSR count). The van der Waals surface area contributed by atoms with E-state index in [2.05, 4.69) is 24.1 Å². The van der Waals surface area contributed by atoms with Crippen LogP contribution in [0.25, 0.3) is 0 Å². The zero-order chi connectivity index (χ0) is 15.7. The van der Waals surface area contributed by atoms with Gasteiger partial charge in [-0.1, -0.05) is 6.07 Å². The van der Waals surface area contributed by atoms with Crippen LogP contribution in [0.2, 0.25) is 0 Å². The van der Waals surface area contributed by atoms with Crippen molar-refractivity contribution in [3.63, 3.8) is 0 Å². The first-order chi connectivity index (χ1) is 9.75. The van der Waals surface area contributed by atoms with E-state index >= 15 is 0 Å². The summed E-state index contributed by atoms with van der Waals surface area (Å²) in [6, 6.07) is 3.20. The number of aromatic nitrogens is 1. The number of pyridine rings is 1. The summed E-state index contributed by atoms with van der Waals surface area (Å²) in [5.41, 5.74) is 0.235. The van der Waals surface area contributed by atoms with Gasteiger partial charge in [0, 0.05) is 18.4 Å². The highest BCUT2D eigenvalue weighted by molar-refractivity contribution is 5.77. The Kier molecular flexibility index (Phi) is 4.35. The van der Waals surface area contributed by atoms with Crippen molar-refractivity contribution in [2.45, 2.75) is 57.4 Å². The van der Waals surface area contributed by atoms with Crippen molar-refractivity contribution in [1.82, 2.24) is 10.3 Å². The lowest BCUT2D eigenvalue weighted by atomic mass is 9.93. The van der Waals surface area contributed by atoms with Crippen molar-refractivity contribution >= 4 is 5.97 Å². The van der Waals surface area contributed by atoms with Gasteiger partial charge in [0.15, 0.2) is 0 Å². The third-order valence-corrected chi connectivity index (χ3v) is 3.90. The van der Waals surface area contributed by atoms with Crippen LogP contribution in [0.4, 0.5) is 0 Å². The van der Waals surface area contributed by atoms with Crippen LogP contribution in [0.5, 0.6) is 0 Å². The van der Waals surface area contributed by atoms with Crippen molar-refractivity contribution in [2.24, 2.45) is 0 Å². The second kappa shape index (κ2) is 5.73. The van der Waals surface area contributed by atoms with Crippen LogP contribution in [-0.4, -0.2) is 35.3 Å². The topological polar surface area (TPSA) is 60.5 Å². The van der Waals surface area contributed by atoms with Crippen LogP contribution in [0.15, 0.2) is 24.5 Å². The molecule has 21 heavy (non-hydrogen) atoms. The number of ether oxygens (including phenoxy) is 2. The quantitative estimate of drug-likeness (QED) is 0.862. The van der Waals surface area contributed by atoms with Crippen molar-refractivity contribution < 1.29 is 14.3 Å². The van der Waals surface area contributed by atoms with Gasteiger partial charge < -0.3 is 9.47 Å². The van der Waals surface area contributed by atoms with Gasteiger partial charge in [-0.3, -0.25) is 10.3 Å². The molecule has 1 aromatic rings. The second-order valence-electron chi connectivity index (χ2n) is 6.63. The minimum atomic E-state index is -0.537. The van der Waals surface area contributed by atoms with E-state index in [0.29, 0.717) is 0 Å². The van der Waals surface area contributed by atoms with E-state index in [0.717, 1.165) is 12.0 Å². The molecule has 5 heteroatoms. The van der Waals surface area contributed by atoms with Gasteiger partial charge in [-0.2, -0.15) is 0 Å². The number of methoxy groups -OCH3 is 1. The molecule has 1 aliphatic heterocycles. The summed E-state index contributed by atoms with van der Waals surface area (Å²) >= 11 is 0. The highest BCUT2D eigenvalue weighted by Gasteiger charge is 2.47. The summed E-state index contributed by atoms with van der Waals surface area (Å²) in [5.74, 6) is -0.316. The Morgan fingerprint density at radius 2 is 2.19 bits per heavy atom. The van der Waals surface area contributed by atoms with E-state index in [9.17, 15) is 4.79 Å². The molecule has 0 aliphatic carbocycles. The van der Waals surface area contributed by atoms with E-state index < -0.39 is 6.04 Å². The molecule has 1 N–H and O–H groups in total. The van der Waals surface area contributed by atoms with E-state index in [-0.39, 0.29) is 23.2 Å². The Labute approximate surface area is 126 Å². The highest BCUT2D eigenvalue weighted by Crippen LogP contribution is 2.38. The summed E-state index contributed by atoms with van der Waals surface area (Å²) in [6.07, 6.45) is 4.19. The zero-order valence-electron chi connectivity index (χ0n) is 13.3. The van der Waals surface area contributed by atoms with E-state index in [1.807, 2.05) is 26.0 Å². The predicted octanol–water partition coefficient (Wildman–Crippen LogP) is 2.23. The van der Waals surface area contributed by atoms with Gasteiger partial charge >= 0.3 is 5.97 Å². The molecule has 0 bridgehead atoms. The third kappa shape index (κ3) is 3.60. The fourth-order valence-electron chi connectivity index (χ4n) is 2.99. The number of nitrogens with one attached hydrogen (secondary N) is 1. The lowest BCUT2D eigenvalue weighted by molar-refractivity contribution is -0.144. The average molecular weight is 292 g/mol. The first kappa shape index (κ1) is 15.9. The van der Waals surface area contributed by atoms with Crippen LogP contribution in [-0.2, 0) is 14.3 Å². The zero-order valence-corrected chi connectivity index (χ0v) is 13.3. The first-order valence-corrected chi connectivity index (χ1v) is 7.19. The molecule has 1 aromatic heterocycles. The summed E-state index contributed by atoms with van der Waals surface area (Å²) in [7, 11) is 1.40. The Bertz CT molecular complexity index is 500. The lowest BCUT2D eigenvalue weighted by Crippen LogP contribution is -2.47. The predicted molar refractivity (Wildman–Crippen MR) is 79.8 cm³/mol. The summed E-state index contributed by atoms with van der Waals surface area (Å²) in [5, 5.41) is 3.39. The fourth-order valence-corrected chi connectivity index (χ4v) is 2.99. The molecule has 116 valence electrons. The van der Waals surface area contributed by atoms with Gasteiger partial charge in [0.1, 0.15) is 6.04 Å². The van der Waals surface area contributed by atoms with Gasteiger partial charge in [0.25, 0.3) is 0 Å². The van der Waals surface area contributed by atoms with Crippen molar-refractivity contribution in [2.75, 3.05) is 7.11 Å². The van der Waals surface area contributed by atoms with Crippen LogP contribution in [0, 0.1) is 0 Å². The molecule has 0 saturated carbocycles. The number of carbonyl (C=O) groups excluding carboxylic acids is 1. The largest absolute Gasteiger partial charge is 0.468 e. The molecular formula is C16H24N2O3. The molecule has 2 atom stereocenters. The van der Waals surface area contributed by atoms with Gasteiger partial charge in [0.2, 0.25) is 0 Å². The minimum absolute atomic E-state index is 0.0526. The molecular weight excluding hydrogens is 268 g/mol. The molecule has 1 saturated heterocycles. The maximum absolute atomic E-state index is 12.1. The smallest absolute Gasteiger partial charge is 0.327 e. The molecule has 5 nitrogen and oxygen atoms in total. The molecule has 0 radical (unpaired) electrons. The number of carbonyl (C=O) groups is 1. The summed E-state index contributed by atoms with van der Waals surface area (Å²) in [4.78, 5) is 16.2. The van der Waals surface area contributed by atoms with Crippen molar-refractivity contribution in [3.8, 4) is 0 Å². The lowest BCUT2D eigenvalue weighted by Gasteiger charge is -2.30. The average Bonchev–Trinajstić information content (AvgIpc) is 2.63. The molecule has 2 heterocycles. The van der Waals surface area contributed by atoms with Crippen LogP contribution < -0.4 is 5.32 Å². The Hall–Kier alpha value is -1.46. The maximum atomic E-state index is 12.1. The van der Waals surface area contributed by atoms with Gasteiger partial charge in [-0.15, -0.1) is 0 Å². The molecule has 1 fully saturated rings. The van der Waals surface area contributed by atoms with Crippen molar-refractivity contribution in [1.29, 1.82) is 0 Å². The maximum Gasteiger partial charge on any atom is 0.327 e. The van der Waals surface area contributed by atoms with Crippen LogP contribution in [0.3, 0.4) is 0 Å². The molecule has 0 amide bonds. The monoisotopic (exact) mass is 292 g/mol. The van der Waals surface area contributed by atoms with E-state index in [1.165, 1.54) is 7.11 Å². The third-order valence-electron chi connectivity index (χ3n) is 3.90. The molecule has 1 aliphatic rings. The normalized spacial score (nSPS) is 24.5. The van der Waals surface area contributed by atoms with Crippen LogP contribution in [0.1, 0.15) is 45.7 Å². The summed E-state index contributed by atoms with van der Waals surface area (Å²) in [6.45, 7) is 8.20. The second-order valence-corrected chi connectivity index (χ2v) is 6.63. The van der Waals surface area contributed by atoms with Gasteiger partial charge in [0.05, 0.1) is 18.3 Å². The van der Waals surface area contributed by atoms with E-state index in [4.69, 9.17) is 9.47 Å².